The van der Waals surface area contributed by atoms with Gasteiger partial charge in [-0.25, -0.2) is 4.79 Å². The molecular formula is C28H32N4O3. The number of H-pyrrole nitrogens is 1. The van der Waals surface area contributed by atoms with Crippen LogP contribution in [0.1, 0.15) is 11.1 Å². The molecule has 0 unspecified atom stereocenters. The number of aliphatic hydroxyl groups excluding tert-OH is 1. The molecule has 1 heterocycles. The van der Waals surface area contributed by atoms with Crippen LogP contribution in [0.4, 0.5) is 10.5 Å². The van der Waals surface area contributed by atoms with Gasteiger partial charge in [-0.3, -0.25) is 0 Å². The third-order valence-electron chi connectivity index (χ3n) is 5.71. The lowest BCUT2D eigenvalue weighted by molar-refractivity contribution is 0.107. The number of amides is 2. The maximum atomic E-state index is 12.1. The number of fused-ring (bicyclic) bond motifs is 1. The van der Waals surface area contributed by atoms with E-state index in [1.807, 2.05) is 85.1 Å². The number of anilines is 1. The summed E-state index contributed by atoms with van der Waals surface area (Å²) in [6.07, 6.45) is 2.89. The third kappa shape index (κ3) is 7.60. The first-order valence-corrected chi connectivity index (χ1v) is 11.9. The van der Waals surface area contributed by atoms with Crippen LogP contribution in [0.15, 0.2) is 85.1 Å². The minimum atomic E-state index is -0.601. The second-order valence-corrected chi connectivity index (χ2v) is 8.43. The summed E-state index contributed by atoms with van der Waals surface area (Å²) in [7, 11) is 0. The number of hydrogen-bond acceptors (Lipinski definition) is 4. The summed E-state index contributed by atoms with van der Waals surface area (Å²) in [5, 5.41) is 20.3. The summed E-state index contributed by atoms with van der Waals surface area (Å²) >= 11 is 0. The highest BCUT2D eigenvalue weighted by molar-refractivity contribution is 5.89. The standard InChI is InChI=1S/C28H32N4O3/c33-24(20-35-27-8-4-7-26-25(27)15-18-30-26)19-29-16-13-22-9-11-23(12-10-22)32-28(34)31-17-14-21-5-2-1-3-6-21/h1-12,15,18,24,29-30,33H,13-14,16-17,19-20H2,(H2,31,32,34)/t24-/m0/s1. The molecule has 0 aliphatic heterocycles. The second-order valence-electron chi connectivity index (χ2n) is 8.43. The van der Waals surface area contributed by atoms with Crippen LogP contribution in [0.3, 0.4) is 0 Å². The van der Waals surface area contributed by atoms with Crippen molar-refractivity contribution >= 4 is 22.6 Å². The molecule has 182 valence electrons. The number of aromatic amines is 1. The summed E-state index contributed by atoms with van der Waals surface area (Å²) in [4.78, 5) is 15.2. The lowest BCUT2D eigenvalue weighted by Crippen LogP contribution is -2.32. The minimum Gasteiger partial charge on any atom is -0.490 e. The summed E-state index contributed by atoms with van der Waals surface area (Å²) in [5.74, 6) is 0.765. The quantitative estimate of drug-likeness (QED) is 0.201. The highest BCUT2D eigenvalue weighted by Gasteiger charge is 2.08. The molecule has 7 nitrogen and oxygen atoms in total. The van der Waals surface area contributed by atoms with E-state index in [1.54, 1.807) is 0 Å². The second kappa shape index (κ2) is 12.6. The Hall–Kier alpha value is -3.81. The van der Waals surface area contributed by atoms with Gasteiger partial charge in [-0.05, 0) is 60.8 Å². The number of hydrogen-bond donors (Lipinski definition) is 5. The molecule has 0 bridgehead atoms. The van der Waals surface area contributed by atoms with Gasteiger partial charge in [-0.15, -0.1) is 0 Å². The molecule has 0 saturated heterocycles. The fourth-order valence-electron chi connectivity index (χ4n) is 3.82. The number of ether oxygens (including phenoxy) is 1. The fraction of sp³-hybridized carbons (Fsp3) is 0.250. The van der Waals surface area contributed by atoms with E-state index in [4.69, 9.17) is 4.74 Å². The van der Waals surface area contributed by atoms with Crippen molar-refractivity contribution in [2.24, 2.45) is 0 Å². The van der Waals surface area contributed by atoms with Crippen molar-refractivity contribution in [3.8, 4) is 5.75 Å². The van der Waals surface area contributed by atoms with Crippen molar-refractivity contribution in [3.63, 3.8) is 0 Å². The van der Waals surface area contributed by atoms with Crippen LogP contribution >= 0.6 is 0 Å². The van der Waals surface area contributed by atoms with Gasteiger partial charge in [0, 0.05) is 35.9 Å². The zero-order chi connectivity index (χ0) is 24.3. The Morgan fingerprint density at radius 2 is 1.66 bits per heavy atom. The SMILES string of the molecule is O=C(NCCc1ccccc1)Nc1ccc(CCNC[C@H](O)COc2cccc3[nH]ccc23)cc1. The van der Waals surface area contributed by atoms with Gasteiger partial charge in [0.25, 0.3) is 0 Å². The van der Waals surface area contributed by atoms with E-state index >= 15 is 0 Å². The van der Waals surface area contributed by atoms with Crippen LogP contribution < -0.4 is 20.7 Å². The predicted molar refractivity (Wildman–Crippen MR) is 140 cm³/mol. The van der Waals surface area contributed by atoms with Gasteiger partial charge >= 0.3 is 6.03 Å². The van der Waals surface area contributed by atoms with Gasteiger partial charge in [-0.1, -0.05) is 48.5 Å². The summed E-state index contributed by atoms with van der Waals surface area (Å²) in [6.45, 7) is 1.99. The predicted octanol–water partition coefficient (Wildman–Crippen LogP) is 4.10. The van der Waals surface area contributed by atoms with Gasteiger partial charge in [0.05, 0.1) is 0 Å². The van der Waals surface area contributed by atoms with Crippen molar-refractivity contribution in [2.45, 2.75) is 18.9 Å². The Balaban J connectivity index is 1.10. The van der Waals surface area contributed by atoms with Crippen LogP contribution in [-0.4, -0.2) is 48.5 Å². The van der Waals surface area contributed by atoms with E-state index in [0.717, 1.165) is 47.3 Å². The zero-order valence-electron chi connectivity index (χ0n) is 19.7. The number of aliphatic hydroxyl groups is 1. The molecule has 4 aromatic rings. The largest absolute Gasteiger partial charge is 0.490 e. The molecule has 7 heteroatoms. The number of carbonyl (C=O) groups is 1. The van der Waals surface area contributed by atoms with Crippen molar-refractivity contribution in [2.75, 3.05) is 31.6 Å². The van der Waals surface area contributed by atoms with Crippen LogP contribution in [0.5, 0.6) is 5.75 Å². The van der Waals surface area contributed by atoms with Gasteiger partial charge in [-0.2, -0.15) is 0 Å². The molecule has 0 aliphatic rings. The van der Waals surface area contributed by atoms with E-state index < -0.39 is 6.10 Å². The first-order valence-electron chi connectivity index (χ1n) is 11.9. The van der Waals surface area contributed by atoms with Crippen molar-refractivity contribution in [1.29, 1.82) is 0 Å². The summed E-state index contributed by atoms with van der Waals surface area (Å²) in [5.41, 5.74) is 4.11. The monoisotopic (exact) mass is 472 g/mol. The fourth-order valence-corrected chi connectivity index (χ4v) is 3.82. The highest BCUT2D eigenvalue weighted by atomic mass is 16.5. The van der Waals surface area contributed by atoms with E-state index in [0.29, 0.717) is 13.1 Å². The number of nitrogens with one attached hydrogen (secondary N) is 4. The number of urea groups is 1. The van der Waals surface area contributed by atoms with Crippen LogP contribution in [0.2, 0.25) is 0 Å². The van der Waals surface area contributed by atoms with Gasteiger partial charge < -0.3 is 30.8 Å². The lowest BCUT2D eigenvalue weighted by atomic mass is 10.1. The highest BCUT2D eigenvalue weighted by Crippen LogP contribution is 2.24. The molecule has 0 radical (unpaired) electrons. The van der Waals surface area contributed by atoms with Crippen molar-refractivity contribution < 1.29 is 14.6 Å². The number of rotatable bonds is 12. The summed E-state index contributed by atoms with van der Waals surface area (Å²) < 4.78 is 5.80. The van der Waals surface area contributed by atoms with E-state index in [9.17, 15) is 9.90 Å². The molecule has 4 rings (SSSR count). The molecule has 1 atom stereocenters. The first kappa shape index (κ1) is 24.3. The normalized spacial score (nSPS) is 11.8. The first-order chi connectivity index (χ1) is 17.2. The molecule has 1 aromatic heterocycles. The molecule has 2 amide bonds. The number of carbonyl (C=O) groups excluding carboxylic acids is 1. The van der Waals surface area contributed by atoms with Crippen molar-refractivity contribution in [3.05, 3.63) is 96.2 Å². The Morgan fingerprint density at radius 1 is 0.886 bits per heavy atom. The Labute approximate surface area is 205 Å². The molecule has 3 aromatic carbocycles. The average molecular weight is 473 g/mol. The van der Waals surface area contributed by atoms with E-state index in [2.05, 4.69) is 20.9 Å². The smallest absolute Gasteiger partial charge is 0.319 e. The molecule has 0 spiro atoms. The van der Waals surface area contributed by atoms with E-state index in [-0.39, 0.29) is 12.6 Å². The zero-order valence-corrected chi connectivity index (χ0v) is 19.7. The molecule has 0 fully saturated rings. The van der Waals surface area contributed by atoms with Gasteiger partial charge in [0.2, 0.25) is 0 Å². The maximum absolute atomic E-state index is 12.1. The van der Waals surface area contributed by atoms with Gasteiger partial charge in [0.15, 0.2) is 0 Å². The summed E-state index contributed by atoms with van der Waals surface area (Å²) in [6, 6.07) is 25.4. The Kier molecular flexibility index (Phi) is 8.75. The molecular weight excluding hydrogens is 440 g/mol. The maximum Gasteiger partial charge on any atom is 0.319 e. The third-order valence-corrected chi connectivity index (χ3v) is 5.71. The Bertz CT molecular complexity index is 1190. The average Bonchev–Trinajstić information content (AvgIpc) is 3.37. The van der Waals surface area contributed by atoms with Crippen molar-refractivity contribution in [1.82, 2.24) is 15.6 Å². The Morgan fingerprint density at radius 3 is 2.49 bits per heavy atom. The lowest BCUT2D eigenvalue weighted by Gasteiger charge is -2.14. The van der Waals surface area contributed by atoms with E-state index in [1.165, 1.54) is 5.56 Å². The topological polar surface area (TPSA) is 98.4 Å². The molecule has 0 saturated carbocycles. The van der Waals surface area contributed by atoms with Gasteiger partial charge in [0.1, 0.15) is 18.5 Å². The number of benzene rings is 3. The van der Waals surface area contributed by atoms with Crippen LogP contribution in [0, 0.1) is 0 Å². The van der Waals surface area contributed by atoms with Crippen LogP contribution in [-0.2, 0) is 12.8 Å². The minimum absolute atomic E-state index is 0.209. The number of aromatic nitrogens is 1. The van der Waals surface area contributed by atoms with Crippen LogP contribution in [0.25, 0.3) is 10.9 Å². The molecule has 0 aliphatic carbocycles. The molecule has 5 N–H and O–H groups in total. The molecule has 35 heavy (non-hydrogen) atoms.